The Kier molecular flexibility index (Phi) is 6.99. The van der Waals surface area contributed by atoms with Gasteiger partial charge in [0.05, 0.1) is 24.5 Å². The van der Waals surface area contributed by atoms with E-state index in [4.69, 9.17) is 9.84 Å². The molecule has 0 aromatic rings. The fourth-order valence-corrected chi connectivity index (χ4v) is 2.89. The van der Waals surface area contributed by atoms with E-state index in [0.717, 1.165) is 11.8 Å². The minimum atomic E-state index is -4.16. The van der Waals surface area contributed by atoms with Crippen LogP contribution in [0.4, 0.5) is 13.2 Å². The molecule has 1 aliphatic rings. The number of thioether (sulfide) groups is 1. The molecule has 1 rings (SSSR count). The Hall–Kier alpha value is -0.760. The van der Waals surface area contributed by atoms with Crippen molar-refractivity contribution in [3.8, 4) is 0 Å². The molecular weight excluding hydrogens is 309 g/mol. The molecule has 0 bridgehead atoms. The minimum Gasteiger partial charge on any atom is -0.481 e. The van der Waals surface area contributed by atoms with E-state index in [9.17, 15) is 22.8 Å². The molecule has 0 amide bonds. The third-order valence-electron chi connectivity index (χ3n) is 3.51. The fraction of sp³-hybridized carbons (Fsp3) is 0.846. The second-order valence-electron chi connectivity index (χ2n) is 5.19. The smallest absolute Gasteiger partial charge is 0.391 e. The lowest BCUT2D eigenvalue weighted by molar-refractivity contribution is -0.188. The van der Waals surface area contributed by atoms with Gasteiger partial charge in [-0.25, -0.2) is 0 Å². The van der Waals surface area contributed by atoms with Crippen molar-refractivity contribution in [2.24, 2.45) is 11.8 Å². The van der Waals surface area contributed by atoms with Gasteiger partial charge in [0.15, 0.2) is 5.12 Å². The van der Waals surface area contributed by atoms with Gasteiger partial charge >= 0.3 is 12.1 Å². The lowest BCUT2D eigenvalue weighted by atomic mass is 9.87. The van der Waals surface area contributed by atoms with Crippen molar-refractivity contribution in [2.75, 3.05) is 12.4 Å². The predicted octanol–water partition coefficient (Wildman–Crippen LogP) is 3.10. The van der Waals surface area contributed by atoms with Crippen LogP contribution in [-0.2, 0) is 14.3 Å². The van der Waals surface area contributed by atoms with Crippen LogP contribution in [0, 0.1) is 11.8 Å². The Morgan fingerprint density at radius 2 is 1.86 bits per heavy atom. The molecule has 1 unspecified atom stereocenters. The highest BCUT2D eigenvalue weighted by Gasteiger charge is 2.41. The average Bonchev–Trinajstić information content (AvgIpc) is 2.37. The van der Waals surface area contributed by atoms with Crippen LogP contribution in [0.1, 0.15) is 32.6 Å². The summed E-state index contributed by atoms with van der Waals surface area (Å²) in [6.45, 7) is 1.28. The molecule has 8 heteroatoms. The first-order chi connectivity index (χ1) is 9.70. The van der Waals surface area contributed by atoms with E-state index in [1.807, 2.05) is 0 Å². The number of carbonyl (C=O) groups excluding carboxylic acids is 1. The van der Waals surface area contributed by atoms with E-state index in [-0.39, 0.29) is 49.3 Å². The number of aliphatic carboxylic acids is 1. The van der Waals surface area contributed by atoms with Crippen LogP contribution in [0.5, 0.6) is 0 Å². The molecule has 0 saturated heterocycles. The summed E-state index contributed by atoms with van der Waals surface area (Å²) in [4.78, 5) is 21.8. The molecular formula is C13H19F3O4S. The van der Waals surface area contributed by atoms with E-state index >= 15 is 0 Å². The van der Waals surface area contributed by atoms with Gasteiger partial charge in [0.1, 0.15) is 0 Å². The van der Waals surface area contributed by atoms with Crippen molar-refractivity contribution in [3.05, 3.63) is 0 Å². The van der Waals surface area contributed by atoms with Gasteiger partial charge in [0, 0.05) is 12.7 Å². The molecule has 1 fully saturated rings. The number of ether oxygens (including phenoxy) is 1. The van der Waals surface area contributed by atoms with Gasteiger partial charge in [-0.1, -0.05) is 11.8 Å². The Labute approximate surface area is 125 Å². The number of hydrogen-bond acceptors (Lipinski definition) is 4. The van der Waals surface area contributed by atoms with E-state index < -0.39 is 24.0 Å². The first-order valence-corrected chi connectivity index (χ1v) is 7.73. The monoisotopic (exact) mass is 328 g/mol. The molecule has 4 nitrogen and oxygen atoms in total. The second kappa shape index (κ2) is 8.03. The fourth-order valence-electron chi connectivity index (χ4n) is 2.22. The van der Waals surface area contributed by atoms with Crippen LogP contribution in [0.3, 0.4) is 0 Å². The molecule has 0 aliphatic heterocycles. The summed E-state index contributed by atoms with van der Waals surface area (Å²) >= 11 is 0.910. The van der Waals surface area contributed by atoms with Crippen LogP contribution in [0.2, 0.25) is 0 Å². The van der Waals surface area contributed by atoms with Gasteiger partial charge in [-0.3, -0.25) is 9.59 Å². The van der Waals surface area contributed by atoms with Gasteiger partial charge in [-0.15, -0.1) is 0 Å². The molecule has 0 radical (unpaired) electrons. The highest BCUT2D eigenvalue weighted by Crippen LogP contribution is 2.38. The zero-order valence-electron chi connectivity index (χ0n) is 11.7. The maximum absolute atomic E-state index is 12.5. The molecule has 122 valence electrons. The minimum absolute atomic E-state index is 0.0219. The van der Waals surface area contributed by atoms with Crippen LogP contribution in [0.25, 0.3) is 0 Å². The molecule has 1 atom stereocenters. The zero-order chi connectivity index (χ0) is 16.0. The number of carboxylic acid groups (broad SMARTS) is 1. The first kappa shape index (κ1) is 18.3. The Morgan fingerprint density at radius 3 is 2.29 bits per heavy atom. The number of halogens is 3. The summed E-state index contributed by atoms with van der Waals surface area (Å²) in [5.41, 5.74) is 0. The second-order valence-corrected chi connectivity index (χ2v) is 6.38. The quantitative estimate of drug-likeness (QED) is 0.812. The third-order valence-corrected chi connectivity index (χ3v) is 4.48. The predicted molar refractivity (Wildman–Crippen MR) is 72.0 cm³/mol. The van der Waals surface area contributed by atoms with Crippen molar-refractivity contribution in [1.82, 2.24) is 0 Å². The maximum atomic E-state index is 12.5. The van der Waals surface area contributed by atoms with Gasteiger partial charge in [-0.05, 0) is 25.7 Å². The lowest BCUT2D eigenvalue weighted by Gasteiger charge is -2.30. The summed E-state index contributed by atoms with van der Waals surface area (Å²) < 4.78 is 43.0. The van der Waals surface area contributed by atoms with Crippen LogP contribution in [-0.4, -0.2) is 40.8 Å². The molecule has 1 aliphatic carbocycles. The van der Waals surface area contributed by atoms with Crippen molar-refractivity contribution >= 4 is 22.8 Å². The first-order valence-electron chi connectivity index (χ1n) is 6.74. The molecule has 1 N–H and O–H groups in total. The average molecular weight is 328 g/mol. The Bertz CT molecular complexity index is 365. The van der Waals surface area contributed by atoms with Gasteiger partial charge in [0.2, 0.25) is 0 Å². The summed E-state index contributed by atoms with van der Waals surface area (Å²) in [5.74, 6) is -3.05. The highest BCUT2D eigenvalue weighted by atomic mass is 32.2. The number of alkyl halides is 3. The van der Waals surface area contributed by atoms with Crippen molar-refractivity contribution < 1.29 is 32.6 Å². The van der Waals surface area contributed by atoms with E-state index in [1.54, 1.807) is 0 Å². The van der Waals surface area contributed by atoms with Crippen molar-refractivity contribution in [3.63, 3.8) is 0 Å². The summed E-state index contributed by atoms with van der Waals surface area (Å²) in [7, 11) is 0. The maximum Gasteiger partial charge on any atom is 0.391 e. The summed E-state index contributed by atoms with van der Waals surface area (Å²) in [5, 5.41) is 8.84. The summed E-state index contributed by atoms with van der Waals surface area (Å²) in [6.07, 6.45) is -3.87. The lowest BCUT2D eigenvalue weighted by Crippen LogP contribution is -2.32. The Morgan fingerprint density at radius 1 is 1.29 bits per heavy atom. The zero-order valence-corrected chi connectivity index (χ0v) is 12.5. The number of rotatable bonds is 6. The van der Waals surface area contributed by atoms with E-state index in [0.29, 0.717) is 0 Å². The standard InChI is InChI=1S/C13H19F3O4S/c1-8(17)21-7-9(12(18)19)6-20-11-4-2-10(3-5-11)13(14,15)16/h9-11H,2-7H2,1H3,(H,18,19). The number of hydrogen-bond donors (Lipinski definition) is 1. The largest absolute Gasteiger partial charge is 0.481 e. The third kappa shape index (κ3) is 6.69. The van der Waals surface area contributed by atoms with E-state index in [2.05, 4.69) is 0 Å². The Balaban J connectivity index is 2.34. The molecule has 0 spiro atoms. The van der Waals surface area contributed by atoms with Crippen LogP contribution >= 0.6 is 11.8 Å². The number of carbonyl (C=O) groups is 2. The normalized spacial score (nSPS) is 24.6. The van der Waals surface area contributed by atoms with Gasteiger partial charge in [0.25, 0.3) is 0 Å². The van der Waals surface area contributed by atoms with Crippen molar-refractivity contribution in [1.29, 1.82) is 0 Å². The molecule has 0 heterocycles. The molecule has 0 aromatic carbocycles. The van der Waals surface area contributed by atoms with Crippen molar-refractivity contribution in [2.45, 2.75) is 44.9 Å². The molecule has 0 aromatic heterocycles. The topological polar surface area (TPSA) is 63.6 Å². The van der Waals surface area contributed by atoms with Gasteiger partial charge < -0.3 is 9.84 Å². The van der Waals surface area contributed by atoms with Crippen LogP contribution in [0.15, 0.2) is 0 Å². The molecule has 21 heavy (non-hydrogen) atoms. The van der Waals surface area contributed by atoms with Crippen LogP contribution < -0.4 is 0 Å². The highest BCUT2D eigenvalue weighted by molar-refractivity contribution is 8.13. The molecule has 1 saturated carbocycles. The van der Waals surface area contributed by atoms with Gasteiger partial charge in [-0.2, -0.15) is 13.2 Å². The van der Waals surface area contributed by atoms with E-state index in [1.165, 1.54) is 6.92 Å². The SMILES string of the molecule is CC(=O)SCC(COC1CCC(C(F)(F)F)CC1)C(=O)O. The summed E-state index contributed by atoms with van der Waals surface area (Å²) in [6, 6.07) is 0. The number of carboxylic acids is 1.